The summed E-state index contributed by atoms with van der Waals surface area (Å²) in [6.45, 7) is 1.74. The van der Waals surface area contributed by atoms with Crippen LogP contribution in [0.3, 0.4) is 0 Å². The molecule has 3 heteroatoms. The molecule has 1 aromatic rings. The van der Waals surface area contributed by atoms with Gasteiger partial charge in [-0.1, -0.05) is 6.07 Å². The van der Waals surface area contributed by atoms with Gasteiger partial charge in [-0.05, 0) is 23.3 Å². The van der Waals surface area contributed by atoms with Gasteiger partial charge in [0, 0.05) is 18.7 Å². The fraction of sp³-hybridized carbons (Fsp3) is 0.222. The molecule has 0 radical (unpaired) electrons. The minimum atomic E-state index is -0.357. The van der Waals surface area contributed by atoms with Crippen LogP contribution in [0.2, 0.25) is 0 Å². The van der Waals surface area contributed by atoms with Crippen molar-refractivity contribution in [1.82, 2.24) is 5.32 Å². The number of hydrogen-bond acceptors (Lipinski definition) is 2. The van der Waals surface area contributed by atoms with Crippen LogP contribution in [0.5, 0.6) is 0 Å². The number of hydrogen-bond donors (Lipinski definition) is 2. The van der Waals surface area contributed by atoms with Gasteiger partial charge in [-0.3, -0.25) is 4.79 Å². The Morgan fingerprint density at radius 2 is 2.08 bits per heavy atom. The highest BCUT2D eigenvalue weighted by molar-refractivity contribution is 5.93. The largest absolute Gasteiger partial charge is 0.366 e. The molecule has 0 saturated heterocycles. The fourth-order valence-electron chi connectivity index (χ4n) is 1.45. The third-order valence-electron chi connectivity index (χ3n) is 2.12. The zero-order chi connectivity index (χ0) is 8.55. The molecule has 3 N–H and O–H groups in total. The van der Waals surface area contributed by atoms with Gasteiger partial charge in [0.15, 0.2) is 0 Å². The van der Waals surface area contributed by atoms with Crippen molar-refractivity contribution < 1.29 is 4.79 Å². The van der Waals surface area contributed by atoms with Gasteiger partial charge in [-0.25, -0.2) is 0 Å². The topological polar surface area (TPSA) is 55.1 Å². The average molecular weight is 162 g/mol. The second kappa shape index (κ2) is 2.60. The molecule has 0 saturated carbocycles. The fourth-order valence-corrected chi connectivity index (χ4v) is 1.45. The summed E-state index contributed by atoms with van der Waals surface area (Å²) >= 11 is 0. The van der Waals surface area contributed by atoms with Crippen molar-refractivity contribution in [3.05, 3.63) is 34.9 Å². The number of nitrogens with two attached hydrogens (primary N) is 1. The summed E-state index contributed by atoms with van der Waals surface area (Å²) in [7, 11) is 0. The van der Waals surface area contributed by atoms with Gasteiger partial charge in [0.2, 0.25) is 5.91 Å². The summed E-state index contributed by atoms with van der Waals surface area (Å²) in [5.41, 5.74) is 8.19. The molecule has 1 aliphatic heterocycles. The van der Waals surface area contributed by atoms with Gasteiger partial charge >= 0.3 is 0 Å². The maximum Gasteiger partial charge on any atom is 0.248 e. The lowest BCUT2D eigenvalue weighted by Gasteiger charge is -1.99. The van der Waals surface area contributed by atoms with E-state index in [0.29, 0.717) is 5.56 Å². The van der Waals surface area contributed by atoms with Gasteiger partial charge < -0.3 is 11.1 Å². The van der Waals surface area contributed by atoms with Gasteiger partial charge in [0.25, 0.3) is 0 Å². The van der Waals surface area contributed by atoms with Crippen molar-refractivity contribution >= 4 is 5.91 Å². The predicted octanol–water partition coefficient (Wildman–Crippen LogP) is 0.389. The van der Waals surface area contributed by atoms with E-state index in [1.54, 1.807) is 6.07 Å². The quantitative estimate of drug-likeness (QED) is 0.627. The number of benzene rings is 1. The zero-order valence-corrected chi connectivity index (χ0v) is 6.63. The number of carbonyl (C=O) groups excluding carboxylic acids is 1. The number of fused-ring (bicyclic) bond motifs is 1. The van der Waals surface area contributed by atoms with E-state index in [-0.39, 0.29) is 5.91 Å². The molecule has 1 aliphatic rings. The molecule has 0 bridgehead atoms. The number of rotatable bonds is 1. The normalized spacial score (nSPS) is 14.3. The van der Waals surface area contributed by atoms with E-state index in [4.69, 9.17) is 5.73 Å². The summed E-state index contributed by atoms with van der Waals surface area (Å²) in [5.74, 6) is -0.357. The summed E-state index contributed by atoms with van der Waals surface area (Å²) in [4.78, 5) is 10.8. The molecule has 12 heavy (non-hydrogen) atoms. The van der Waals surface area contributed by atoms with Crippen molar-refractivity contribution in [3.8, 4) is 0 Å². The van der Waals surface area contributed by atoms with E-state index in [2.05, 4.69) is 5.32 Å². The van der Waals surface area contributed by atoms with Gasteiger partial charge in [-0.2, -0.15) is 0 Å². The number of carbonyl (C=O) groups is 1. The summed E-state index contributed by atoms with van der Waals surface area (Å²) < 4.78 is 0. The molecular formula is C9H10N2O. The minimum absolute atomic E-state index is 0.357. The van der Waals surface area contributed by atoms with Crippen LogP contribution in [0.4, 0.5) is 0 Å². The molecule has 1 amide bonds. The van der Waals surface area contributed by atoms with E-state index in [0.717, 1.165) is 13.1 Å². The van der Waals surface area contributed by atoms with E-state index in [1.165, 1.54) is 11.1 Å². The standard InChI is InChI=1S/C9H10N2O/c10-9(12)6-1-2-7-4-11-5-8(7)3-6/h1-3,11H,4-5H2,(H2,10,12). The summed E-state index contributed by atoms with van der Waals surface area (Å²) in [6.07, 6.45) is 0. The Balaban J connectivity index is 2.45. The average Bonchev–Trinajstić information content (AvgIpc) is 2.49. The van der Waals surface area contributed by atoms with Crippen molar-refractivity contribution in [2.45, 2.75) is 13.1 Å². The van der Waals surface area contributed by atoms with E-state index in [1.807, 2.05) is 12.1 Å². The van der Waals surface area contributed by atoms with Crippen LogP contribution in [0.15, 0.2) is 18.2 Å². The highest BCUT2D eigenvalue weighted by Gasteiger charge is 2.11. The van der Waals surface area contributed by atoms with Gasteiger partial charge in [0.05, 0.1) is 0 Å². The maximum atomic E-state index is 10.8. The van der Waals surface area contributed by atoms with Crippen LogP contribution in [0.1, 0.15) is 21.5 Å². The maximum absolute atomic E-state index is 10.8. The second-order valence-electron chi connectivity index (χ2n) is 2.95. The molecule has 0 aromatic heterocycles. The lowest BCUT2D eigenvalue weighted by atomic mass is 10.1. The molecule has 0 unspecified atom stereocenters. The summed E-state index contributed by atoms with van der Waals surface area (Å²) in [6, 6.07) is 5.58. The monoisotopic (exact) mass is 162 g/mol. The van der Waals surface area contributed by atoms with E-state index in [9.17, 15) is 4.79 Å². The SMILES string of the molecule is NC(=O)c1ccc2c(c1)CNC2. The molecule has 62 valence electrons. The Hall–Kier alpha value is -1.35. The lowest BCUT2D eigenvalue weighted by molar-refractivity contribution is 0.1000. The smallest absolute Gasteiger partial charge is 0.248 e. The predicted molar refractivity (Wildman–Crippen MR) is 45.5 cm³/mol. The Labute approximate surface area is 70.6 Å². The Morgan fingerprint density at radius 1 is 1.33 bits per heavy atom. The van der Waals surface area contributed by atoms with E-state index >= 15 is 0 Å². The van der Waals surface area contributed by atoms with Crippen LogP contribution in [0.25, 0.3) is 0 Å². The first-order valence-corrected chi connectivity index (χ1v) is 3.90. The number of primary amides is 1. The third kappa shape index (κ3) is 1.08. The van der Waals surface area contributed by atoms with Crippen molar-refractivity contribution in [2.24, 2.45) is 5.73 Å². The van der Waals surface area contributed by atoms with Crippen molar-refractivity contribution in [1.29, 1.82) is 0 Å². The Morgan fingerprint density at radius 3 is 2.83 bits per heavy atom. The molecule has 0 spiro atoms. The molecule has 1 aromatic carbocycles. The van der Waals surface area contributed by atoms with Crippen molar-refractivity contribution in [2.75, 3.05) is 0 Å². The van der Waals surface area contributed by atoms with E-state index < -0.39 is 0 Å². The zero-order valence-electron chi connectivity index (χ0n) is 6.63. The second-order valence-corrected chi connectivity index (χ2v) is 2.95. The summed E-state index contributed by atoms with van der Waals surface area (Å²) in [5, 5.41) is 3.20. The molecule has 3 nitrogen and oxygen atoms in total. The van der Waals surface area contributed by atoms with Crippen molar-refractivity contribution in [3.63, 3.8) is 0 Å². The molecule has 0 aliphatic carbocycles. The number of nitrogens with one attached hydrogen (secondary N) is 1. The third-order valence-corrected chi connectivity index (χ3v) is 2.12. The Kier molecular flexibility index (Phi) is 1.59. The minimum Gasteiger partial charge on any atom is -0.366 e. The molecular weight excluding hydrogens is 152 g/mol. The van der Waals surface area contributed by atoms with Gasteiger partial charge in [0.1, 0.15) is 0 Å². The number of amides is 1. The van der Waals surface area contributed by atoms with Gasteiger partial charge in [-0.15, -0.1) is 0 Å². The molecule has 1 heterocycles. The first kappa shape index (κ1) is 7.31. The first-order valence-electron chi connectivity index (χ1n) is 3.90. The van der Waals surface area contributed by atoms with Crippen LogP contribution in [-0.2, 0) is 13.1 Å². The highest BCUT2D eigenvalue weighted by Crippen LogP contribution is 2.16. The first-order chi connectivity index (χ1) is 5.77. The van der Waals surface area contributed by atoms with Crippen LogP contribution < -0.4 is 11.1 Å². The van der Waals surface area contributed by atoms with Crippen LogP contribution in [-0.4, -0.2) is 5.91 Å². The Bertz CT molecular complexity index is 333. The van der Waals surface area contributed by atoms with Crippen LogP contribution >= 0.6 is 0 Å². The van der Waals surface area contributed by atoms with Crippen LogP contribution in [0, 0.1) is 0 Å². The molecule has 0 fully saturated rings. The highest BCUT2D eigenvalue weighted by atomic mass is 16.1. The lowest BCUT2D eigenvalue weighted by Crippen LogP contribution is -2.11. The molecule has 2 rings (SSSR count). The molecule has 0 atom stereocenters.